The molecule has 0 saturated carbocycles. The summed E-state index contributed by atoms with van der Waals surface area (Å²) in [5.74, 6) is 0.923. The van der Waals surface area contributed by atoms with Crippen LogP contribution in [0.25, 0.3) is 0 Å². The fourth-order valence-electron chi connectivity index (χ4n) is 1.27. The van der Waals surface area contributed by atoms with Crippen molar-refractivity contribution in [3.63, 3.8) is 0 Å². The van der Waals surface area contributed by atoms with Gasteiger partial charge >= 0.3 is 0 Å². The Morgan fingerprint density at radius 1 is 1.40 bits per heavy atom. The van der Waals surface area contributed by atoms with E-state index in [1.54, 1.807) is 24.2 Å². The van der Waals surface area contributed by atoms with Crippen molar-refractivity contribution in [1.29, 1.82) is 0 Å². The summed E-state index contributed by atoms with van der Waals surface area (Å²) < 4.78 is 5.24. The van der Waals surface area contributed by atoms with Crippen molar-refractivity contribution >= 4 is 11.8 Å². The van der Waals surface area contributed by atoms with E-state index in [4.69, 9.17) is 10.2 Å². The monoisotopic (exact) mass is 220 g/mol. The molecule has 0 aliphatic carbocycles. The third kappa shape index (κ3) is 2.22. The Morgan fingerprint density at radius 3 is 2.93 bits per heavy atom. The SMILES string of the molecule is Cc1occc1Sc1cnccc1CN. The van der Waals surface area contributed by atoms with Crippen LogP contribution >= 0.6 is 11.8 Å². The highest BCUT2D eigenvalue weighted by Crippen LogP contribution is 2.32. The standard InChI is InChI=1S/C11H12N2OS/c1-8-10(3-5-14-8)15-11-7-13-4-2-9(11)6-12/h2-5,7H,6,12H2,1H3. The van der Waals surface area contributed by atoms with Gasteiger partial charge in [-0.3, -0.25) is 4.98 Å². The molecule has 2 rings (SSSR count). The maximum atomic E-state index is 5.65. The molecule has 0 saturated heterocycles. The van der Waals surface area contributed by atoms with Gasteiger partial charge in [0.15, 0.2) is 0 Å². The van der Waals surface area contributed by atoms with E-state index in [9.17, 15) is 0 Å². The molecule has 78 valence electrons. The average Bonchev–Trinajstić information content (AvgIpc) is 2.65. The topological polar surface area (TPSA) is 52.0 Å². The van der Waals surface area contributed by atoms with Gasteiger partial charge in [0.05, 0.1) is 11.2 Å². The lowest BCUT2D eigenvalue weighted by Gasteiger charge is -2.04. The van der Waals surface area contributed by atoms with Crippen LogP contribution < -0.4 is 5.73 Å². The van der Waals surface area contributed by atoms with Crippen LogP contribution in [0.2, 0.25) is 0 Å². The molecular formula is C11H12N2OS. The molecule has 0 atom stereocenters. The summed E-state index contributed by atoms with van der Waals surface area (Å²) in [5, 5.41) is 0. The molecule has 3 nitrogen and oxygen atoms in total. The van der Waals surface area contributed by atoms with Crippen LogP contribution in [0.3, 0.4) is 0 Å². The molecule has 0 aromatic carbocycles. The summed E-state index contributed by atoms with van der Waals surface area (Å²) in [6, 6.07) is 3.89. The third-order valence-electron chi connectivity index (χ3n) is 2.12. The van der Waals surface area contributed by atoms with E-state index in [0.717, 1.165) is 21.1 Å². The molecule has 0 fully saturated rings. The Labute approximate surface area is 92.7 Å². The van der Waals surface area contributed by atoms with E-state index < -0.39 is 0 Å². The zero-order chi connectivity index (χ0) is 10.7. The maximum Gasteiger partial charge on any atom is 0.114 e. The van der Waals surface area contributed by atoms with Crippen molar-refractivity contribution in [2.75, 3.05) is 0 Å². The van der Waals surface area contributed by atoms with Crippen molar-refractivity contribution < 1.29 is 4.42 Å². The first kappa shape index (κ1) is 10.3. The first-order chi connectivity index (χ1) is 7.31. The number of rotatable bonds is 3. The summed E-state index contributed by atoms with van der Waals surface area (Å²) >= 11 is 1.64. The first-order valence-corrected chi connectivity index (χ1v) is 5.48. The average molecular weight is 220 g/mol. The summed E-state index contributed by atoms with van der Waals surface area (Å²) in [5.41, 5.74) is 6.76. The lowest BCUT2D eigenvalue weighted by atomic mass is 10.3. The number of furan rings is 1. The second-order valence-electron chi connectivity index (χ2n) is 3.13. The van der Waals surface area contributed by atoms with Gasteiger partial charge in [0.2, 0.25) is 0 Å². The number of hydrogen-bond donors (Lipinski definition) is 1. The number of aromatic nitrogens is 1. The molecule has 15 heavy (non-hydrogen) atoms. The van der Waals surface area contributed by atoms with Crippen LogP contribution in [0.5, 0.6) is 0 Å². The van der Waals surface area contributed by atoms with Crippen molar-refractivity contribution in [2.45, 2.75) is 23.3 Å². The van der Waals surface area contributed by atoms with Crippen LogP contribution in [0.4, 0.5) is 0 Å². The van der Waals surface area contributed by atoms with Crippen molar-refractivity contribution in [3.8, 4) is 0 Å². The molecule has 0 aliphatic rings. The van der Waals surface area contributed by atoms with Gasteiger partial charge in [-0.1, -0.05) is 11.8 Å². The Kier molecular flexibility index (Phi) is 3.08. The number of hydrogen-bond acceptors (Lipinski definition) is 4. The van der Waals surface area contributed by atoms with Crippen molar-refractivity contribution in [3.05, 3.63) is 42.1 Å². The van der Waals surface area contributed by atoms with E-state index in [0.29, 0.717) is 6.54 Å². The molecule has 2 aromatic heterocycles. The predicted octanol–water partition coefficient (Wildman–Crippen LogP) is 2.59. The van der Waals surface area contributed by atoms with Gasteiger partial charge in [-0.25, -0.2) is 0 Å². The van der Waals surface area contributed by atoms with Gasteiger partial charge in [-0.05, 0) is 24.6 Å². The van der Waals surface area contributed by atoms with Crippen LogP contribution in [-0.2, 0) is 6.54 Å². The summed E-state index contributed by atoms with van der Waals surface area (Å²) in [6.07, 6.45) is 5.28. The van der Waals surface area contributed by atoms with E-state index in [1.165, 1.54) is 0 Å². The number of pyridine rings is 1. The Bertz CT molecular complexity index is 453. The maximum absolute atomic E-state index is 5.65. The number of nitrogens with zero attached hydrogens (tertiary/aromatic N) is 1. The predicted molar refractivity (Wildman–Crippen MR) is 59.7 cm³/mol. The molecule has 0 aliphatic heterocycles. The van der Waals surface area contributed by atoms with Gasteiger partial charge in [0.1, 0.15) is 5.76 Å². The molecule has 2 heterocycles. The minimum atomic E-state index is 0.530. The lowest BCUT2D eigenvalue weighted by Crippen LogP contribution is -1.98. The fraction of sp³-hybridized carbons (Fsp3) is 0.182. The molecule has 2 aromatic rings. The quantitative estimate of drug-likeness (QED) is 0.863. The highest BCUT2D eigenvalue weighted by atomic mass is 32.2. The van der Waals surface area contributed by atoms with E-state index >= 15 is 0 Å². The number of nitrogens with two attached hydrogens (primary N) is 1. The second kappa shape index (κ2) is 4.51. The van der Waals surface area contributed by atoms with Crippen LogP contribution in [0.1, 0.15) is 11.3 Å². The molecule has 0 spiro atoms. The molecule has 0 radical (unpaired) electrons. The summed E-state index contributed by atoms with van der Waals surface area (Å²) in [4.78, 5) is 6.29. The zero-order valence-corrected chi connectivity index (χ0v) is 9.25. The zero-order valence-electron chi connectivity index (χ0n) is 8.43. The van der Waals surface area contributed by atoms with Crippen LogP contribution in [0, 0.1) is 6.92 Å². The number of aryl methyl sites for hydroxylation is 1. The molecule has 2 N–H and O–H groups in total. The van der Waals surface area contributed by atoms with Gasteiger partial charge in [0.25, 0.3) is 0 Å². The van der Waals surface area contributed by atoms with Gasteiger partial charge in [-0.15, -0.1) is 0 Å². The van der Waals surface area contributed by atoms with E-state index in [1.807, 2.05) is 25.3 Å². The normalized spacial score (nSPS) is 10.5. The molecule has 0 bridgehead atoms. The first-order valence-electron chi connectivity index (χ1n) is 4.66. The van der Waals surface area contributed by atoms with Crippen LogP contribution in [-0.4, -0.2) is 4.98 Å². The highest BCUT2D eigenvalue weighted by Gasteiger charge is 2.06. The van der Waals surface area contributed by atoms with Crippen molar-refractivity contribution in [1.82, 2.24) is 4.98 Å². The third-order valence-corrected chi connectivity index (χ3v) is 3.35. The smallest absolute Gasteiger partial charge is 0.114 e. The van der Waals surface area contributed by atoms with Crippen molar-refractivity contribution in [2.24, 2.45) is 5.73 Å². The molecule has 0 amide bonds. The lowest BCUT2D eigenvalue weighted by molar-refractivity contribution is 0.527. The summed E-state index contributed by atoms with van der Waals surface area (Å²) in [7, 11) is 0. The van der Waals surface area contributed by atoms with Crippen LogP contribution in [0.15, 0.2) is 45.0 Å². The second-order valence-corrected chi connectivity index (χ2v) is 4.21. The van der Waals surface area contributed by atoms with Gasteiger partial charge < -0.3 is 10.2 Å². The van der Waals surface area contributed by atoms with E-state index in [-0.39, 0.29) is 0 Å². The molecule has 4 heteroatoms. The van der Waals surface area contributed by atoms with E-state index in [2.05, 4.69) is 4.98 Å². The Hall–Kier alpha value is -1.26. The molecular weight excluding hydrogens is 208 g/mol. The fourth-order valence-corrected chi connectivity index (χ4v) is 2.22. The highest BCUT2D eigenvalue weighted by molar-refractivity contribution is 7.99. The van der Waals surface area contributed by atoms with Gasteiger partial charge in [0, 0.05) is 23.8 Å². The summed E-state index contributed by atoms with van der Waals surface area (Å²) in [6.45, 7) is 2.47. The Balaban J connectivity index is 2.28. The Morgan fingerprint density at radius 2 is 2.27 bits per heavy atom. The largest absolute Gasteiger partial charge is 0.468 e. The molecule has 0 unspecified atom stereocenters. The minimum absolute atomic E-state index is 0.530. The van der Waals surface area contributed by atoms with Gasteiger partial charge in [-0.2, -0.15) is 0 Å². The minimum Gasteiger partial charge on any atom is -0.468 e.